The number of nitrogens with one attached hydrogen (secondary N) is 1. The predicted octanol–water partition coefficient (Wildman–Crippen LogP) is 4.03. The normalized spacial score (nSPS) is 14.9. The number of ether oxygens (including phenoxy) is 1. The summed E-state index contributed by atoms with van der Waals surface area (Å²) >= 11 is 0. The Balaban J connectivity index is 1.83. The van der Waals surface area contributed by atoms with Crippen LogP contribution in [0, 0.1) is 6.92 Å². The molecule has 2 N–H and O–H groups in total. The maximum atomic E-state index is 13.0. The number of amides is 1. The Bertz CT molecular complexity index is 1400. The van der Waals surface area contributed by atoms with Crippen molar-refractivity contribution >= 4 is 23.6 Å². The number of aromatic nitrogens is 3. The molecule has 182 valence electrons. The van der Waals surface area contributed by atoms with Crippen LogP contribution in [0.2, 0.25) is 0 Å². The van der Waals surface area contributed by atoms with Gasteiger partial charge in [-0.3, -0.25) is 19.1 Å². The zero-order valence-corrected chi connectivity index (χ0v) is 19.9. The lowest BCUT2D eigenvalue weighted by Gasteiger charge is -2.14. The lowest BCUT2D eigenvalue weighted by molar-refractivity contribution is -0.116. The van der Waals surface area contributed by atoms with Gasteiger partial charge in [0.1, 0.15) is 29.7 Å². The second-order valence-electron chi connectivity index (χ2n) is 7.96. The maximum absolute atomic E-state index is 13.0. The molecule has 0 spiro atoms. The van der Waals surface area contributed by atoms with Gasteiger partial charge in [-0.05, 0) is 61.0 Å². The highest BCUT2D eigenvalue weighted by Gasteiger charge is 2.30. The average Bonchev–Trinajstić information content (AvgIpc) is 3.20. The number of methoxy groups -OCH3 is 1. The standard InChI is InChI=1S/C27H25N5O4/c1-4-18(7-5-6-14-33)26-22-15-21(36-3)12-13-24(22)32-17(2)30-31-27(32)23(29-26)16-25(35)28-19-8-10-20(34)11-9-19/h4-15,23,34H,1,16H2,2-3H3,(H,28,35)/b6-5?,18-7+/t23-/m1/s1. The Morgan fingerprint density at radius 2 is 1.97 bits per heavy atom. The molecule has 1 aliphatic rings. The topological polar surface area (TPSA) is 119 Å². The Labute approximate surface area is 208 Å². The minimum absolute atomic E-state index is 0.0117. The van der Waals surface area contributed by atoms with Crippen LogP contribution in [-0.2, 0) is 9.59 Å². The third kappa shape index (κ3) is 5.00. The van der Waals surface area contributed by atoms with E-state index < -0.39 is 6.04 Å². The molecule has 0 aliphatic carbocycles. The van der Waals surface area contributed by atoms with Gasteiger partial charge >= 0.3 is 0 Å². The van der Waals surface area contributed by atoms with Crippen molar-refractivity contribution < 1.29 is 19.4 Å². The highest BCUT2D eigenvalue weighted by atomic mass is 16.5. The van der Waals surface area contributed by atoms with Gasteiger partial charge in [-0.15, -0.1) is 10.2 Å². The van der Waals surface area contributed by atoms with Crippen LogP contribution in [0.1, 0.15) is 29.7 Å². The molecule has 0 fully saturated rings. The van der Waals surface area contributed by atoms with Crippen molar-refractivity contribution in [3.63, 3.8) is 0 Å². The summed E-state index contributed by atoms with van der Waals surface area (Å²) < 4.78 is 7.34. The van der Waals surface area contributed by atoms with Gasteiger partial charge in [0, 0.05) is 11.3 Å². The van der Waals surface area contributed by atoms with Crippen LogP contribution in [-0.4, -0.2) is 44.9 Å². The SMILES string of the molecule is C=C/C(=C\C=CC=O)C1=N[C@H](CC(=O)Nc2ccc(O)cc2)c2nnc(C)n2-c2ccc(OC)cc21. The number of aryl methyl sites for hydroxylation is 1. The van der Waals surface area contributed by atoms with E-state index in [0.717, 1.165) is 11.3 Å². The fourth-order valence-corrected chi connectivity index (χ4v) is 3.95. The first kappa shape index (κ1) is 24.3. The zero-order chi connectivity index (χ0) is 25.7. The van der Waals surface area contributed by atoms with E-state index in [4.69, 9.17) is 9.73 Å². The summed E-state index contributed by atoms with van der Waals surface area (Å²) in [5.41, 5.74) is 3.29. The van der Waals surface area contributed by atoms with E-state index >= 15 is 0 Å². The quantitative estimate of drug-likeness (QED) is 0.216. The first-order valence-corrected chi connectivity index (χ1v) is 11.2. The van der Waals surface area contributed by atoms with Crippen LogP contribution in [0.15, 0.2) is 83.9 Å². The van der Waals surface area contributed by atoms with E-state index in [1.54, 1.807) is 37.5 Å². The zero-order valence-electron chi connectivity index (χ0n) is 19.9. The fourth-order valence-electron chi connectivity index (χ4n) is 3.95. The molecule has 36 heavy (non-hydrogen) atoms. The van der Waals surface area contributed by atoms with Crippen LogP contribution < -0.4 is 10.1 Å². The molecule has 0 radical (unpaired) electrons. The van der Waals surface area contributed by atoms with Crippen LogP contribution in [0.3, 0.4) is 0 Å². The fraction of sp³-hybridized carbons (Fsp3) is 0.148. The third-order valence-electron chi connectivity index (χ3n) is 5.62. The van der Waals surface area contributed by atoms with E-state index in [2.05, 4.69) is 22.1 Å². The van der Waals surface area contributed by atoms with Crippen molar-refractivity contribution in [3.05, 3.63) is 96.1 Å². The van der Waals surface area contributed by atoms with E-state index in [-0.39, 0.29) is 18.1 Å². The van der Waals surface area contributed by atoms with Crippen molar-refractivity contribution in [2.75, 3.05) is 12.4 Å². The van der Waals surface area contributed by atoms with E-state index in [1.165, 1.54) is 18.2 Å². The molecule has 1 aromatic heterocycles. The second kappa shape index (κ2) is 10.6. The van der Waals surface area contributed by atoms with Gasteiger partial charge in [-0.1, -0.05) is 24.8 Å². The van der Waals surface area contributed by atoms with E-state index in [9.17, 15) is 14.7 Å². The number of benzene rings is 2. The molecule has 1 aliphatic heterocycles. The van der Waals surface area contributed by atoms with Gasteiger partial charge in [-0.2, -0.15) is 0 Å². The number of rotatable bonds is 8. The number of phenolic OH excluding ortho intramolecular Hbond substituents is 1. The lowest BCUT2D eigenvalue weighted by atomic mass is 9.99. The van der Waals surface area contributed by atoms with Gasteiger partial charge in [0.15, 0.2) is 5.82 Å². The molecule has 2 aromatic carbocycles. The number of phenols is 1. The molecule has 4 rings (SSSR count). The summed E-state index contributed by atoms with van der Waals surface area (Å²) in [5.74, 6) is 1.61. The molecule has 3 aromatic rings. The molecule has 1 atom stereocenters. The largest absolute Gasteiger partial charge is 0.508 e. The average molecular weight is 484 g/mol. The molecule has 0 unspecified atom stereocenters. The van der Waals surface area contributed by atoms with Crippen LogP contribution >= 0.6 is 0 Å². The highest BCUT2D eigenvalue weighted by molar-refractivity contribution is 6.17. The molecule has 9 heteroatoms. The van der Waals surface area contributed by atoms with Crippen molar-refractivity contribution in [3.8, 4) is 17.2 Å². The number of fused-ring (bicyclic) bond motifs is 3. The summed E-state index contributed by atoms with van der Waals surface area (Å²) in [4.78, 5) is 28.8. The summed E-state index contributed by atoms with van der Waals surface area (Å²) in [5, 5.41) is 21.0. The van der Waals surface area contributed by atoms with E-state index in [0.29, 0.717) is 40.7 Å². The number of aliphatic imine (C=N–C) groups is 1. The first-order valence-electron chi connectivity index (χ1n) is 11.2. The summed E-state index contributed by atoms with van der Waals surface area (Å²) in [6.45, 7) is 5.76. The number of aromatic hydroxyl groups is 1. The first-order chi connectivity index (χ1) is 17.4. The molecule has 2 heterocycles. The number of carbonyl (C=O) groups excluding carboxylic acids is 2. The number of hydrogen-bond donors (Lipinski definition) is 2. The number of aldehydes is 1. The summed E-state index contributed by atoms with van der Waals surface area (Å²) in [7, 11) is 1.58. The van der Waals surface area contributed by atoms with Crippen LogP contribution in [0.25, 0.3) is 5.69 Å². The van der Waals surface area contributed by atoms with Crippen LogP contribution in [0.5, 0.6) is 11.5 Å². The molecule has 0 saturated carbocycles. The molecule has 1 amide bonds. The Morgan fingerprint density at radius 3 is 2.67 bits per heavy atom. The summed E-state index contributed by atoms with van der Waals surface area (Å²) in [6, 6.07) is 11.1. The monoisotopic (exact) mass is 483 g/mol. The number of nitrogens with zero attached hydrogens (tertiary/aromatic N) is 4. The Kier molecular flexibility index (Phi) is 7.20. The second-order valence-corrected chi connectivity index (χ2v) is 7.96. The van der Waals surface area contributed by atoms with E-state index in [1.807, 2.05) is 29.7 Å². The van der Waals surface area contributed by atoms with Gasteiger partial charge < -0.3 is 15.2 Å². The minimum atomic E-state index is -0.671. The number of allylic oxidation sites excluding steroid dienone is 5. The van der Waals surface area contributed by atoms with Gasteiger partial charge in [0.2, 0.25) is 5.91 Å². The highest BCUT2D eigenvalue weighted by Crippen LogP contribution is 2.34. The van der Waals surface area contributed by atoms with Gasteiger partial charge in [0.25, 0.3) is 0 Å². The predicted molar refractivity (Wildman–Crippen MR) is 137 cm³/mol. The summed E-state index contributed by atoms with van der Waals surface area (Å²) in [6.07, 6.45) is 7.02. The molecule has 0 saturated heterocycles. The minimum Gasteiger partial charge on any atom is -0.508 e. The molecule has 0 bridgehead atoms. The van der Waals surface area contributed by atoms with Gasteiger partial charge in [0.05, 0.1) is 24.9 Å². The smallest absolute Gasteiger partial charge is 0.227 e. The van der Waals surface area contributed by atoms with Crippen molar-refractivity contribution in [1.82, 2.24) is 14.8 Å². The molecular weight excluding hydrogens is 458 g/mol. The number of anilines is 1. The molecular formula is C27H25N5O4. The Morgan fingerprint density at radius 1 is 1.19 bits per heavy atom. The third-order valence-corrected chi connectivity index (χ3v) is 5.62. The number of hydrogen-bond acceptors (Lipinski definition) is 7. The van der Waals surface area contributed by atoms with Crippen molar-refractivity contribution in [2.45, 2.75) is 19.4 Å². The van der Waals surface area contributed by atoms with Crippen molar-refractivity contribution in [2.24, 2.45) is 4.99 Å². The number of carbonyl (C=O) groups is 2. The lowest BCUT2D eigenvalue weighted by Crippen LogP contribution is -2.17. The van der Waals surface area contributed by atoms with Gasteiger partial charge in [-0.25, -0.2) is 0 Å². The Hall–Kier alpha value is -4.79. The van der Waals surface area contributed by atoms with Crippen LogP contribution in [0.4, 0.5) is 5.69 Å². The van der Waals surface area contributed by atoms with Crippen molar-refractivity contribution in [1.29, 1.82) is 0 Å². The maximum Gasteiger partial charge on any atom is 0.227 e. The molecule has 9 nitrogen and oxygen atoms in total.